The fourth-order valence-electron chi connectivity index (χ4n) is 2.76. The van der Waals surface area contributed by atoms with E-state index in [1.165, 1.54) is 44.9 Å². The van der Waals surface area contributed by atoms with Crippen LogP contribution in [0.2, 0.25) is 5.15 Å². The van der Waals surface area contributed by atoms with Gasteiger partial charge in [0.2, 0.25) is 0 Å². The van der Waals surface area contributed by atoms with Gasteiger partial charge in [-0.15, -0.1) is 0 Å². The van der Waals surface area contributed by atoms with Crippen molar-refractivity contribution >= 4 is 11.6 Å². The summed E-state index contributed by atoms with van der Waals surface area (Å²) in [6.07, 6.45) is 11.3. The molecular formula is C15H23ClN2. The lowest BCUT2D eigenvalue weighted by molar-refractivity contribution is 0.441. The van der Waals surface area contributed by atoms with Gasteiger partial charge in [-0.3, -0.25) is 0 Å². The lowest BCUT2D eigenvalue weighted by Gasteiger charge is -2.19. The van der Waals surface area contributed by atoms with Gasteiger partial charge in [-0.2, -0.15) is 0 Å². The van der Waals surface area contributed by atoms with E-state index in [0.717, 1.165) is 24.4 Å². The third-order valence-electron chi connectivity index (χ3n) is 3.74. The van der Waals surface area contributed by atoms with E-state index in [9.17, 15) is 0 Å². The Morgan fingerprint density at radius 3 is 2.44 bits per heavy atom. The molecule has 2 rings (SSSR count). The first-order valence-corrected chi connectivity index (χ1v) is 7.70. The van der Waals surface area contributed by atoms with Crippen molar-refractivity contribution in [2.75, 3.05) is 0 Å². The summed E-state index contributed by atoms with van der Waals surface area (Å²) in [6.45, 7) is 2.17. The first kappa shape index (κ1) is 13.8. The molecule has 0 amide bonds. The second-order valence-corrected chi connectivity index (χ2v) is 5.72. The van der Waals surface area contributed by atoms with Crippen LogP contribution in [0, 0.1) is 0 Å². The molecule has 0 spiro atoms. The summed E-state index contributed by atoms with van der Waals surface area (Å²) >= 11 is 6.13. The average molecular weight is 267 g/mol. The molecule has 1 saturated carbocycles. The number of halogens is 1. The van der Waals surface area contributed by atoms with Crippen molar-refractivity contribution in [1.82, 2.24) is 9.97 Å². The largest absolute Gasteiger partial charge is 0.238 e. The van der Waals surface area contributed by atoms with Crippen LogP contribution in [0.25, 0.3) is 0 Å². The quantitative estimate of drug-likeness (QED) is 0.727. The van der Waals surface area contributed by atoms with Crippen LogP contribution in [0.3, 0.4) is 0 Å². The first-order valence-electron chi connectivity index (χ1n) is 7.33. The van der Waals surface area contributed by atoms with Crippen molar-refractivity contribution in [3.63, 3.8) is 0 Å². The summed E-state index contributed by atoms with van der Waals surface area (Å²) in [5.41, 5.74) is 1.11. The predicted octanol–water partition coefficient (Wildman–Crippen LogP) is 4.91. The third kappa shape index (κ3) is 3.94. The smallest absolute Gasteiger partial charge is 0.133 e. The van der Waals surface area contributed by atoms with E-state index < -0.39 is 0 Å². The van der Waals surface area contributed by atoms with Gasteiger partial charge in [0.15, 0.2) is 0 Å². The topological polar surface area (TPSA) is 25.8 Å². The average Bonchev–Trinajstić information content (AvgIpc) is 2.27. The number of nitrogens with zero attached hydrogens (tertiary/aromatic N) is 2. The van der Waals surface area contributed by atoms with E-state index in [2.05, 4.69) is 11.9 Å². The third-order valence-corrected chi connectivity index (χ3v) is 3.94. The van der Waals surface area contributed by atoms with Gasteiger partial charge in [0.25, 0.3) is 0 Å². The van der Waals surface area contributed by atoms with Crippen molar-refractivity contribution in [3.05, 3.63) is 22.7 Å². The number of aromatic nitrogens is 2. The minimum absolute atomic E-state index is 0.527. The Bertz CT molecular complexity index is 371. The lowest BCUT2D eigenvalue weighted by Crippen LogP contribution is -2.09. The molecule has 1 aromatic heterocycles. The summed E-state index contributed by atoms with van der Waals surface area (Å²) in [5.74, 6) is 1.52. The Kier molecular flexibility index (Phi) is 5.43. The SMILES string of the molecule is CCCc1cc(Cl)nc(C2CCCCCCC2)n1. The van der Waals surface area contributed by atoms with Gasteiger partial charge in [-0.05, 0) is 25.3 Å². The summed E-state index contributed by atoms with van der Waals surface area (Å²) in [7, 11) is 0. The Labute approximate surface area is 115 Å². The van der Waals surface area contributed by atoms with Gasteiger partial charge in [0.05, 0.1) is 0 Å². The molecule has 1 aliphatic carbocycles. The van der Waals surface area contributed by atoms with E-state index in [4.69, 9.17) is 16.6 Å². The highest BCUT2D eigenvalue weighted by atomic mass is 35.5. The molecule has 1 aliphatic rings. The molecule has 3 heteroatoms. The van der Waals surface area contributed by atoms with Crippen molar-refractivity contribution < 1.29 is 0 Å². The molecule has 1 heterocycles. The molecule has 0 unspecified atom stereocenters. The Morgan fingerprint density at radius 2 is 1.78 bits per heavy atom. The molecule has 0 N–H and O–H groups in total. The second-order valence-electron chi connectivity index (χ2n) is 5.33. The van der Waals surface area contributed by atoms with Crippen LogP contribution in [-0.2, 0) is 6.42 Å². The van der Waals surface area contributed by atoms with Crippen LogP contribution in [0.15, 0.2) is 6.07 Å². The van der Waals surface area contributed by atoms with Crippen molar-refractivity contribution in [2.45, 2.75) is 70.6 Å². The summed E-state index contributed by atoms with van der Waals surface area (Å²) in [4.78, 5) is 9.19. The normalized spacial score (nSPS) is 18.3. The predicted molar refractivity (Wildman–Crippen MR) is 76.1 cm³/mol. The van der Waals surface area contributed by atoms with Crippen LogP contribution < -0.4 is 0 Å². The lowest BCUT2D eigenvalue weighted by atomic mass is 9.90. The van der Waals surface area contributed by atoms with Crippen molar-refractivity contribution in [1.29, 1.82) is 0 Å². The van der Waals surface area contributed by atoms with Gasteiger partial charge in [-0.25, -0.2) is 9.97 Å². The Hall–Kier alpha value is -0.630. The van der Waals surface area contributed by atoms with Crippen LogP contribution >= 0.6 is 11.6 Å². The fourth-order valence-corrected chi connectivity index (χ4v) is 2.98. The fraction of sp³-hybridized carbons (Fsp3) is 0.733. The van der Waals surface area contributed by atoms with E-state index >= 15 is 0 Å². The molecule has 18 heavy (non-hydrogen) atoms. The minimum atomic E-state index is 0.527. The molecule has 0 saturated heterocycles. The molecule has 100 valence electrons. The molecule has 2 nitrogen and oxygen atoms in total. The number of hydrogen-bond donors (Lipinski definition) is 0. The zero-order valence-corrected chi connectivity index (χ0v) is 12.0. The zero-order chi connectivity index (χ0) is 12.8. The number of hydrogen-bond acceptors (Lipinski definition) is 2. The monoisotopic (exact) mass is 266 g/mol. The maximum absolute atomic E-state index is 6.13. The molecule has 1 aromatic rings. The molecule has 0 aliphatic heterocycles. The highest BCUT2D eigenvalue weighted by molar-refractivity contribution is 6.29. The summed E-state index contributed by atoms with van der Waals surface area (Å²) < 4.78 is 0. The van der Waals surface area contributed by atoms with Crippen LogP contribution in [0.1, 0.15) is 75.7 Å². The zero-order valence-electron chi connectivity index (χ0n) is 11.3. The van der Waals surface area contributed by atoms with Crippen LogP contribution in [0.5, 0.6) is 0 Å². The molecule has 0 bridgehead atoms. The van der Waals surface area contributed by atoms with Crippen molar-refractivity contribution in [3.8, 4) is 0 Å². The summed E-state index contributed by atoms with van der Waals surface area (Å²) in [6, 6.07) is 1.91. The van der Waals surface area contributed by atoms with Crippen molar-refractivity contribution in [2.24, 2.45) is 0 Å². The van der Waals surface area contributed by atoms with E-state index in [1.807, 2.05) is 6.07 Å². The standard InChI is InChI=1S/C15H23ClN2/c1-2-8-13-11-14(16)18-15(17-13)12-9-6-4-3-5-7-10-12/h11-12H,2-10H2,1H3. The minimum Gasteiger partial charge on any atom is -0.238 e. The molecule has 0 radical (unpaired) electrons. The molecule has 0 atom stereocenters. The van der Waals surface area contributed by atoms with Gasteiger partial charge in [-0.1, -0.05) is 57.0 Å². The maximum atomic E-state index is 6.13. The van der Waals surface area contributed by atoms with Gasteiger partial charge in [0, 0.05) is 11.6 Å². The van der Waals surface area contributed by atoms with Gasteiger partial charge in [0.1, 0.15) is 11.0 Å². The summed E-state index contributed by atoms with van der Waals surface area (Å²) in [5, 5.41) is 0.616. The second kappa shape index (κ2) is 7.08. The highest BCUT2D eigenvalue weighted by Crippen LogP contribution is 2.29. The number of rotatable bonds is 3. The van der Waals surface area contributed by atoms with E-state index in [-0.39, 0.29) is 0 Å². The Balaban J connectivity index is 2.14. The maximum Gasteiger partial charge on any atom is 0.133 e. The van der Waals surface area contributed by atoms with E-state index in [1.54, 1.807) is 0 Å². The van der Waals surface area contributed by atoms with Crippen LogP contribution in [0.4, 0.5) is 0 Å². The van der Waals surface area contributed by atoms with Gasteiger partial charge >= 0.3 is 0 Å². The highest BCUT2D eigenvalue weighted by Gasteiger charge is 2.17. The van der Waals surface area contributed by atoms with Gasteiger partial charge < -0.3 is 0 Å². The number of aryl methyl sites for hydroxylation is 1. The Morgan fingerprint density at radius 1 is 1.11 bits per heavy atom. The molecular weight excluding hydrogens is 244 g/mol. The molecule has 0 aromatic carbocycles. The van der Waals surface area contributed by atoms with Crippen LogP contribution in [-0.4, -0.2) is 9.97 Å². The molecule has 1 fully saturated rings. The van der Waals surface area contributed by atoms with E-state index in [0.29, 0.717) is 11.1 Å². The first-order chi connectivity index (χ1) is 8.79.